The van der Waals surface area contributed by atoms with Crippen molar-refractivity contribution < 1.29 is 4.79 Å². The van der Waals surface area contributed by atoms with Crippen LogP contribution in [0.15, 0.2) is 23.2 Å². The molecule has 1 aromatic carbocycles. The van der Waals surface area contributed by atoms with E-state index in [9.17, 15) is 4.79 Å². The van der Waals surface area contributed by atoms with Crippen LogP contribution in [0.1, 0.15) is 25.3 Å². The third-order valence-corrected chi connectivity index (χ3v) is 3.49. The van der Waals surface area contributed by atoms with Crippen LogP contribution in [0.2, 0.25) is 10.0 Å². The molecule has 0 saturated heterocycles. The number of hydrogen-bond donors (Lipinski definition) is 3. The summed E-state index contributed by atoms with van der Waals surface area (Å²) in [5.41, 5.74) is 0.926. The van der Waals surface area contributed by atoms with Crippen molar-refractivity contribution in [2.75, 3.05) is 20.1 Å². The van der Waals surface area contributed by atoms with Crippen molar-refractivity contribution in [3.63, 3.8) is 0 Å². The highest BCUT2D eigenvalue weighted by atomic mass is 35.5. The van der Waals surface area contributed by atoms with E-state index in [1.807, 2.05) is 13.0 Å². The first kappa shape index (κ1) is 18.6. The Bertz CT molecular complexity index is 520. The van der Waals surface area contributed by atoms with Gasteiger partial charge in [-0.3, -0.25) is 9.79 Å². The predicted octanol–water partition coefficient (Wildman–Crippen LogP) is 2.57. The van der Waals surface area contributed by atoms with Crippen LogP contribution in [0.4, 0.5) is 0 Å². The Morgan fingerprint density at radius 3 is 2.59 bits per heavy atom. The summed E-state index contributed by atoms with van der Waals surface area (Å²) in [6.45, 7) is 3.77. The first-order valence-corrected chi connectivity index (χ1v) is 7.97. The molecular formula is C15H22Cl2N4O. The van der Waals surface area contributed by atoms with Crippen molar-refractivity contribution in [1.29, 1.82) is 0 Å². The Balaban J connectivity index is 2.35. The molecule has 1 rings (SSSR count). The topological polar surface area (TPSA) is 65.5 Å². The van der Waals surface area contributed by atoms with Crippen LogP contribution in [0.5, 0.6) is 0 Å². The van der Waals surface area contributed by atoms with Gasteiger partial charge >= 0.3 is 0 Å². The number of aliphatic imine (C=N–C) groups is 1. The minimum absolute atomic E-state index is 0.0329. The van der Waals surface area contributed by atoms with Crippen molar-refractivity contribution in [3.8, 4) is 0 Å². The third-order valence-electron chi connectivity index (χ3n) is 2.90. The van der Waals surface area contributed by atoms with Gasteiger partial charge in [-0.1, -0.05) is 36.2 Å². The number of rotatable bonds is 7. The van der Waals surface area contributed by atoms with Gasteiger partial charge in [-0.15, -0.1) is 0 Å². The molecule has 22 heavy (non-hydrogen) atoms. The second-order valence-electron chi connectivity index (χ2n) is 4.69. The molecule has 0 aliphatic rings. The standard InChI is InChI=1S/C15H22Cl2N4O/c1-3-7-19-14(22)6-8-20-15(18-2)21-10-11-4-5-12(16)9-13(11)17/h4-5,9H,3,6-8,10H2,1-2H3,(H,19,22)(H2,18,20,21). The van der Waals surface area contributed by atoms with Crippen LogP contribution in [-0.2, 0) is 11.3 Å². The number of nitrogens with zero attached hydrogens (tertiary/aromatic N) is 1. The van der Waals surface area contributed by atoms with Crippen LogP contribution >= 0.6 is 23.2 Å². The maximum Gasteiger partial charge on any atom is 0.221 e. The van der Waals surface area contributed by atoms with E-state index in [0.29, 0.717) is 42.1 Å². The molecule has 7 heteroatoms. The molecule has 1 amide bonds. The zero-order valence-electron chi connectivity index (χ0n) is 12.9. The molecule has 3 N–H and O–H groups in total. The van der Waals surface area contributed by atoms with E-state index in [1.165, 1.54) is 0 Å². The van der Waals surface area contributed by atoms with Crippen molar-refractivity contribution in [3.05, 3.63) is 33.8 Å². The molecule has 0 bridgehead atoms. The second kappa shape index (κ2) is 10.3. The zero-order chi connectivity index (χ0) is 16.4. The van der Waals surface area contributed by atoms with Crippen molar-refractivity contribution in [1.82, 2.24) is 16.0 Å². The Morgan fingerprint density at radius 1 is 1.18 bits per heavy atom. The monoisotopic (exact) mass is 344 g/mol. The van der Waals surface area contributed by atoms with E-state index >= 15 is 0 Å². The van der Waals surface area contributed by atoms with E-state index in [4.69, 9.17) is 23.2 Å². The molecule has 1 aromatic rings. The van der Waals surface area contributed by atoms with Gasteiger partial charge in [0, 0.05) is 43.1 Å². The molecule has 0 saturated carbocycles. The van der Waals surface area contributed by atoms with Gasteiger partial charge in [0.2, 0.25) is 5.91 Å². The molecule has 0 aromatic heterocycles. The fraction of sp³-hybridized carbons (Fsp3) is 0.467. The number of benzene rings is 1. The van der Waals surface area contributed by atoms with E-state index in [1.54, 1.807) is 19.2 Å². The number of nitrogens with one attached hydrogen (secondary N) is 3. The van der Waals surface area contributed by atoms with E-state index < -0.39 is 0 Å². The molecule has 0 heterocycles. The summed E-state index contributed by atoms with van der Waals surface area (Å²) >= 11 is 12.0. The van der Waals surface area contributed by atoms with E-state index in [-0.39, 0.29) is 5.91 Å². The van der Waals surface area contributed by atoms with Gasteiger partial charge in [-0.05, 0) is 24.1 Å². The Morgan fingerprint density at radius 2 is 1.95 bits per heavy atom. The van der Waals surface area contributed by atoms with E-state index in [0.717, 1.165) is 12.0 Å². The molecule has 0 fully saturated rings. The average molecular weight is 345 g/mol. The SMILES string of the molecule is CCCNC(=O)CCNC(=NC)NCc1ccc(Cl)cc1Cl. The molecule has 0 atom stereocenters. The van der Waals surface area contributed by atoms with Crippen LogP contribution in [0.25, 0.3) is 0 Å². The maximum absolute atomic E-state index is 11.5. The van der Waals surface area contributed by atoms with Gasteiger partial charge in [0.05, 0.1) is 0 Å². The number of halogens is 2. The summed E-state index contributed by atoms with van der Waals surface area (Å²) in [4.78, 5) is 15.6. The fourth-order valence-corrected chi connectivity index (χ4v) is 2.19. The summed E-state index contributed by atoms with van der Waals surface area (Å²) in [6.07, 6.45) is 1.34. The van der Waals surface area contributed by atoms with Crippen molar-refractivity contribution in [2.24, 2.45) is 4.99 Å². The van der Waals surface area contributed by atoms with Gasteiger partial charge in [-0.25, -0.2) is 0 Å². The zero-order valence-corrected chi connectivity index (χ0v) is 14.4. The highest BCUT2D eigenvalue weighted by Crippen LogP contribution is 2.20. The summed E-state index contributed by atoms with van der Waals surface area (Å²) < 4.78 is 0. The number of guanidine groups is 1. The fourth-order valence-electron chi connectivity index (χ4n) is 1.71. The molecule has 0 aliphatic heterocycles. The van der Waals surface area contributed by atoms with Crippen LogP contribution in [-0.4, -0.2) is 32.0 Å². The van der Waals surface area contributed by atoms with Crippen molar-refractivity contribution in [2.45, 2.75) is 26.3 Å². The first-order valence-electron chi connectivity index (χ1n) is 7.22. The largest absolute Gasteiger partial charge is 0.356 e. The highest BCUT2D eigenvalue weighted by molar-refractivity contribution is 6.35. The van der Waals surface area contributed by atoms with E-state index in [2.05, 4.69) is 20.9 Å². The predicted molar refractivity (Wildman–Crippen MR) is 92.6 cm³/mol. The minimum Gasteiger partial charge on any atom is -0.356 e. The lowest BCUT2D eigenvalue weighted by atomic mass is 10.2. The minimum atomic E-state index is 0.0329. The van der Waals surface area contributed by atoms with Crippen LogP contribution in [0.3, 0.4) is 0 Å². The highest BCUT2D eigenvalue weighted by Gasteiger charge is 2.04. The molecule has 0 aliphatic carbocycles. The Hall–Kier alpha value is -1.46. The van der Waals surface area contributed by atoms with Gasteiger partial charge < -0.3 is 16.0 Å². The summed E-state index contributed by atoms with van der Waals surface area (Å²) in [5.74, 6) is 0.653. The number of amides is 1. The Labute approximate surface area is 141 Å². The molecule has 0 radical (unpaired) electrons. The maximum atomic E-state index is 11.5. The van der Waals surface area contributed by atoms with Crippen molar-refractivity contribution >= 4 is 35.1 Å². The summed E-state index contributed by atoms with van der Waals surface area (Å²) in [5, 5.41) is 10.3. The summed E-state index contributed by atoms with van der Waals surface area (Å²) in [6, 6.07) is 5.36. The van der Waals surface area contributed by atoms with Crippen LogP contribution < -0.4 is 16.0 Å². The Kier molecular flexibility index (Phi) is 8.70. The number of carbonyl (C=O) groups excluding carboxylic acids is 1. The van der Waals surface area contributed by atoms with Gasteiger partial charge in [0.15, 0.2) is 5.96 Å². The van der Waals surface area contributed by atoms with Gasteiger partial charge in [0.1, 0.15) is 0 Å². The average Bonchev–Trinajstić information content (AvgIpc) is 2.50. The number of carbonyl (C=O) groups is 1. The molecule has 122 valence electrons. The lowest BCUT2D eigenvalue weighted by Crippen LogP contribution is -2.39. The molecule has 0 unspecified atom stereocenters. The molecule has 0 spiro atoms. The smallest absolute Gasteiger partial charge is 0.221 e. The first-order chi connectivity index (χ1) is 10.6. The molecular weight excluding hydrogens is 323 g/mol. The van der Waals surface area contributed by atoms with Crippen LogP contribution in [0, 0.1) is 0 Å². The summed E-state index contributed by atoms with van der Waals surface area (Å²) in [7, 11) is 1.68. The second-order valence-corrected chi connectivity index (χ2v) is 5.53. The lowest BCUT2D eigenvalue weighted by molar-refractivity contribution is -0.120. The lowest BCUT2D eigenvalue weighted by Gasteiger charge is -2.12. The third kappa shape index (κ3) is 7.00. The van der Waals surface area contributed by atoms with Gasteiger partial charge in [0.25, 0.3) is 0 Å². The van der Waals surface area contributed by atoms with Gasteiger partial charge in [-0.2, -0.15) is 0 Å². The number of hydrogen-bond acceptors (Lipinski definition) is 2. The normalized spacial score (nSPS) is 11.2. The molecule has 5 nitrogen and oxygen atoms in total. The quantitative estimate of drug-likeness (QED) is 0.526.